The topological polar surface area (TPSA) is 58.4 Å². The van der Waals surface area contributed by atoms with Crippen molar-refractivity contribution in [1.29, 1.82) is 0 Å². The Labute approximate surface area is 150 Å². The van der Waals surface area contributed by atoms with Gasteiger partial charge in [-0.3, -0.25) is 9.48 Å². The van der Waals surface area contributed by atoms with Crippen LogP contribution in [0.4, 0.5) is 13.2 Å². The fraction of sp³-hybridized carbons (Fsp3) is 0.778. The van der Waals surface area contributed by atoms with Gasteiger partial charge in [-0.05, 0) is 45.1 Å². The number of halogens is 3. The Kier molecular flexibility index (Phi) is 3.75. The molecule has 2 aliphatic carbocycles. The van der Waals surface area contributed by atoms with Crippen LogP contribution in [0.1, 0.15) is 56.3 Å². The summed E-state index contributed by atoms with van der Waals surface area (Å²) in [6.45, 7) is 3.12. The second kappa shape index (κ2) is 5.47. The first-order valence-corrected chi connectivity index (χ1v) is 9.10. The molecule has 1 aromatic heterocycles. The number of rotatable bonds is 2. The highest BCUT2D eigenvalue weighted by Gasteiger charge is 2.53. The van der Waals surface area contributed by atoms with Crippen molar-refractivity contribution in [2.75, 3.05) is 13.1 Å². The molecule has 8 heteroatoms. The second-order valence-corrected chi connectivity index (χ2v) is 8.81. The standard InChI is InChI=1S/C18H24F3N3O2/c1-16(26)6-12(7-16)15(25)24-9-17(10-24)4-3-11(8-17)13-5-14(18(19,20)21)22-23(13)2/h5,11-12,26H,3-4,6-10H2,1-2H3/t11-,12?,16?/m1/s1. The summed E-state index contributed by atoms with van der Waals surface area (Å²) in [5, 5.41) is 13.4. The lowest BCUT2D eigenvalue weighted by molar-refractivity contribution is -0.161. The Morgan fingerprint density at radius 3 is 2.50 bits per heavy atom. The average Bonchev–Trinajstić information content (AvgIpc) is 3.05. The van der Waals surface area contributed by atoms with Crippen LogP contribution < -0.4 is 0 Å². The molecule has 0 radical (unpaired) electrons. The van der Waals surface area contributed by atoms with Gasteiger partial charge < -0.3 is 10.0 Å². The van der Waals surface area contributed by atoms with Gasteiger partial charge in [0, 0.05) is 43.1 Å². The quantitative estimate of drug-likeness (QED) is 0.870. The highest BCUT2D eigenvalue weighted by atomic mass is 19.4. The van der Waals surface area contributed by atoms with Crippen LogP contribution in [-0.2, 0) is 18.0 Å². The maximum Gasteiger partial charge on any atom is 0.435 e. The van der Waals surface area contributed by atoms with Gasteiger partial charge in [0.25, 0.3) is 0 Å². The molecule has 1 aliphatic heterocycles. The minimum atomic E-state index is -4.42. The van der Waals surface area contributed by atoms with Crippen molar-refractivity contribution in [3.8, 4) is 0 Å². The molecule has 1 N–H and O–H groups in total. The van der Waals surface area contributed by atoms with Gasteiger partial charge in [0.1, 0.15) is 0 Å². The molecule has 26 heavy (non-hydrogen) atoms. The molecular formula is C18H24F3N3O2. The summed E-state index contributed by atoms with van der Waals surface area (Å²) >= 11 is 0. The van der Waals surface area contributed by atoms with Gasteiger partial charge in [-0.2, -0.15) is 18.3 Å². The number of nitrogens with zero attached hydrogens (tertiary/aromatic N) is 3. The number of likely N-dealkylation sites (tertiary alicyclic amines) is 1. The molecule has 3 aliphatic rings. The monoisotopic (exact) mass is 371 g/mol. The van der Waals surface area contributed by atoms with Crippen molar-refractivity contribution in [2.45, 2.75) is 56.7 Å². The number of carbonyl (C=O) groups excluding carboxylic acids is 1. The number of aromatic nitrogens is 2. The lowest BCUT2D eigenvalue weighted by Crippen LogP contribution is -2.61. The molecule has 1 amide bonds. The summed E-state index contributed by atoms with van der Waals surface area (Å²) in [6.07, 6.45) is -0.820. The average molecular weight is 371 g/mol. The van der Waals surface area contributed by atoms with Crippen LogP contribution in [0.25, 0.3) is 0 Å². The molecule has 1 aromatic rings. The van der Waals surface area contributed by atoms with Crippen LogP contribution in [0, 0.1) is 11.3 Å². The van der Waals surface area contributed by atoms with Crippen molar-refractivity contribution >= 4 is 5.91 Å². The Hall–Kier alpha value is -1.57. The molecule has 1 saturated heterocycles. The van der Waals surface area contributed by atoms with E-state index in [1.165, 1.54) is 10.7 Å². The smallest absolute Gasteiger partial charge is 0.390 e. The zero-order valence-electron chi connectivity index (χ0n) is 15.0. The first-order valence-electron chi connectivity index (χ1n) is 9.10. The van der Waals surface area contributed by atoms with E-state index in [0.29, 0.717) is 31.6 Å². The zero-order chi connectivity index (χ0) is 18.9. The Morgan fingerprint density at radius 1 is 1.31 bits per heavy atom. The van der Waals surface area contributed by atoms with E-state index in [1.807, 2.05) is 4.90 Å². The van der Waals surface area contributed by atoms with Gasteiger partial charge in [0.15, 0.2) is 5.69 Å². The number of aryl methyl sites for hydroxylation is 1. The van der Waals surface area contributed by atoms with Gasteiger partial charge in [-0.25, -0.2) is 0 Å². The minimum absolute atomic E-state index is 0.0370. The molecule has 2 heterocycles. The molecule has 0 unspecified atom stereocenters. The maximum atomic E-state index is 12.9. The predicted octanol–water partition coefficient (Wildman–Crippen LogP) is 2.70. The fourth-order valence-electron chi connectivity index (χ4n) is 5.10. The summed E-state index contributed by atoms with van der Waals surface area (Å²) in [5.41, 5.74) is -0.876. The third-order valence-corrected chi connectivity index (χ3v) is 6.41. The Balaban J connectivity index is 1.37. The van der Waals surface area contributed by atoms with Crippen LogP contribution in [0.3, 0.4) is 0 Å². The molecule has 2 saturated carbocycles. The highest BCUT2D eigenvalue weighted by molar-refractivity contribution is 5.81. The summed E-state index contributed by atoms with van der Waals surface area (Å²) in [7, 11) is 1.56. The van der Waals surface area contributed by atoms with Crippen LogP contribution in [-0.4, -0.2) is 44.4 Å². The number of aliphatic hydroxyl groups is 1. The summed E-state index contributed by atoms with van der Waals surface area (Å²) in [5.74, 6) is 0.0988. The molecule has 0 aromatic carbocycles. The van der Waals surface area contributed by atoms with Crippen LogP contribution in [0.2, 0.25) is 0 Å². The maximum absolute atomic E-state index is 12.9. The lowest BCUT2D eigenvalue weighted by Gasteiger charge is -2.52. The largest absolute Gasteiger partial charge is 0.435 e. The number of amides is 1. The first kappa shape index (κ1) is 17.8. The van der Waals surface area contributed by atoms with Crippen molar-refractivity contribution < 1.29 is 23.1 Å². The fourth-order valence-corrected chi connectivity index (χ4v) is 5.10. The molecule has 4 rings (SSSR count). The summed E-state index contributed by atoms with van der Waals surface area (Å²) in [6, 6.07) is 1.17. The van der Waals surface area contributed by atoms with Gasteiger partial charge in [0.05, 0.1) is 5.60 Å². The Bertz CT molecular complexity index is 727. The van der Waals surface area contributed by atoms with Crippen LogP contribution in [0.15, 0.2) is 6.07 Å². The van der Waals surface area contributed by atoms with Crippen LogP contribution >= 0.6 is 0 Å². The van der Waals surface area contributed by atoms with Gasteiger partial charge in [0.2, 0.25) is 5.91 Å². The van der Waals surface area contributed by atoms with Crippen LogP contribution in [0.5, 0.6) is 0 Å². The Morgan fingerprint density at radius 2 is 1.96 bits per heavy atom. The third kappa shape index (κ3) is 2.92. The summed E-state index contributed by atoms with van der Waals surface area (Å²) < 4.78 is 40.0. The SMILES string of the molecule is Cn1nc(C(F)(F)F)cc1[C@@H]1CCC2(C1)CN(C(=O)C1CC(C)(O)C1)C2. The normalized spacial score (nSPS) is 33.2. The van der Waals surface area contributed by atoms with E-state index in [9.17, 15) is 23.1 Å². The van der Waals surface area contributed by atoms with Crippen molar-refractivity contribution in [2.24, 2.45) is 18.4 Å². The number of hydrogen-bond donors (Lipinski definition) is 1. The molecule has 0 bridgehead atoms. The van der Waals surface area contributed by atoms with E-state index in [2.05, 4.69) is 5.10 Å². The minimum Gasteiger partial charge on any atom is -0.390 e. The van der Waals surface area contributed by atoms with Crippen molar-refractivity contribution in [3.63, 3.8) is 0 Å². The second-order valence-electron chi connectivity index (χ2n) is 8.81. The molecule has 3 fully saturated rings. The molecule has 1 atom stereocenters. The van der Waals surface area contributed by atoms with Crippen molar-refractivity contribution in [3.05, 3.63) is 17.5 Å². The summed E-state index contributed by atoms with van der Waals surface area (Å²) in [4.78, 5) is 14.3. The number of carbonyl (C=O) groups is 1. The number of hydrogen-bond acceptors (Lipinski definition) is 3. The van der Waals surface area contributed by atoms with E-state index in [4.69, 9.17) is 0 Å². The van der Waals surface area contributed by atoms with Gasteiger partial charge in [-0.15, -0.1) is 0 Å². The van der Waals surface area contributed by atoms with E-state index in [-0.39, 0.29) is 23.2 Å². The molecule has 1 spiro atoms. The van der Waals surface area contributed by atoms with E-state index < -0.39 is 17.5 Å². The van der Waals surface area contributed by atoms with E-state index >= 15 is 0 Å². The predicted molar refractivity (Wildman–Crippen MR) is 87.2 cm³/mol. The van der Waals surface area contributed by atoms with E-state index in [0.717, 1.165) is 19.3 Å². The molecule has 5 nitrogen and oxygen atoms in total. The zero-order valence-corrected chi connectivity index (χ0v) is 15.0. The molecular weight excluding hydrogens is 347 g/mol. The molecule has 144 valence electrons. The third-order valence-electron chi connectivity index (χ3n) is 6.41. The van der Waals surface area contributed by atoms with E-state index in [1.54, 1.807) is 14.0 Å². The highest BCUT2D eigenvalue weighted by Crippen LogP contribution is 2.53. The number of alkyl halides is 3. The van der Waals surface area contributed by atoms with Gasteiger partial charge in [-0.1, -0.05) is 0 Å². The van der Waals surface area contributed by atoms with Crippen molar-refractivity contribution in [1.82, 2.24) is 14.7 Å². The lowest BCUT2D eigenvalue weighted by atomic mass is 9.69. The van der Waals surface area contributed by atoms with Gasteiger partial charge >= 0.3 is 6.18 Å². The first-order chi connectivity index (χ1) is 12.0.